The van der Waals surface area contributed by atoms with Gasteiger partial charge in [0.05, 0.1) is 6.26 Å². The number of hydrogen-bond donors (Lipinski definition) is 0. The standard InChI is InChI=1S/C19H9Cl2N3O3S/c20-11-6-10(7-12(21)8-11)14-4-3-13(27-14)9-16-18(25)24-19(28-16)22-17(23-24)15-2-1-5-26-15/h1-9H/b16-9-. The van der Waals surface area contributed by atoms with Crippen molar-refractivity contribution in [3.8, 4) is 22.9 Å². The smallest absolute Gasteiger partial charge is 0.291 e. The molecule has 0 aliphatic heterocycles. The highest BCUT2D eigenvalue weighted by molar-refractivity contribution is 7.15. The Morgan fingerprint density at radius 3 is 2.61 bits per heavy atom. The summed E-state index contributed by atoms with van der Waals surface area (Å²) < 4.78 is 12.8. The highest BCUT2D eigenvalue weighted by Crippen LogP contribution is 2.28. The summed E-state index contributed by atoms with van der Waals surface area (Å²) >= 11 is 13.3. The maximum absolute atomic E-state index is 12.6. The van der Waals surface area contributed by atoms with Gasteiger partial charge in [0.15, 0.2) is 5.76 Å². The van der Waals surface area contributed by atoms with Crippen LogP contribution in [0.15, 0.2) is 62.4 Å². The molecule has 9 heteroatoms. The molecule has 0 fully saturated rings. The van der Waals surface area contributed by atoms with Crippen molar-refractivity contribution >= 4 is 45.6 Å². The van der Waals surface area contributed by atoms with E-state index in [1.165, 1.54) is 22.1 Å². The number of thiazole rings is 1. The molecule has 0 spiro atoms. The fourth-order valence-electron chi connectivity index (χ4n) is 2.75. The molecule has 1 aromatic carbocycles. The maximum Gasteiger partial charge on any atom is 0.291 e. The second kappa shape index (κ2) is 6.63. The minimum atomic E-state index is -0.269. The molecule has 0 bridgehead atoms. The van der Waals surface area contributed by atoms with Gasteiger partial charge in [0.25, 0.3) is 5.56 Å². The summed E-state index contributed by atoms with van der Waals surface area (Å²) in [6.07, 6.45) is 3.19. The van der Waals surface area contributed by atoms with Crippen molar-refractivity contribution in [2.45, 2.75) is 0 Å². The zero-order valence-electron chi connectivity index (χ0n) is 13.9. The van der Waals surface area contributed by atoms with Gasteiger partial charge in [-0.2, -0.15) is 9.50 Å². The number of halogens is 2. The van der Waals surface area contributed by atoms with Crippen LogP contribution in [0.25, 0.3) is 33.9 Å². The normalized spacial score (nSPS) is 12.3. The van der Waals surface area contributed by atoms with E-state index < -0.39 is 0 Å². The second-order valence-electron chi connectivity index (χ2n) is 5.88. The van der Waals surface area contributed by atoms with E-state index in [2.05, 4.69) is 10.1 Å². The van der Waals surface area contributed by atoms with Crippen LogP contribution in [0, 0.1) is 0 Å². The van der Waals surface area contributed by atoms with Gasteiger partial charge in [-0.1, -0.05) is 34.5 Å². The van der Waals surface area contributed by atoms with Crippen molar-refractivity contribution in [1.29, 1.82) is 0 Å². The molecule has 0 unspecified atom stereocenters. The lowest BCUT2D eigenvalue weighted by molar-refractivity contribution is 0.571. The minimum Gasteiger partial charge on any atom is -0.461 e. The molecule has 0 N–H and O–H groups in total. The number of aromatic nitrogens is 3. The summed E-state index contributed by atoms with van der Waals surface area (Å²) in [5.74, 6) is 2.01. The van der Waals surface area contributed by atoms with E-state index in [0.717, 1.165) is 5.56 Å². The molecule has 0 aliphatic carbocycles. The summed E-state index contributed by atoms with van der Waals surface area (Å²) in [7, 11) is 0. The zero-order valence-corrected chi connectivity index (χ0v) is 16.3. The molecule has 5 aromatic rings. The van der Waals surface area contributed by atoms with E-state index in [0.29, 0.717) is 42.6 Å². The highest BCUT2D eigenvalue weighted by atomic mass is 35.5. The van der Waals surface area contributed by atoms with Crippen LogP contribution in [-0.4, -0.2) is 14.6 Å². The fourth-order valence-corrected chi connectivity index (χ4v) is 4.17. The van der Waals surface area contributed by atoms with Crippen LogP contribution in [0.1, 0.15) is 5.76 Å². The van der Waals surface area contributed by atoms with E-state index in [1.54, 1.807) is 48.5 Å². The van der Waals surface area contributed by atoms with Gasteiger partial charge in [0.2, 0.25) is 10.8 Å². The Kier molecular flexibility index (Phi) is 4.08. The summed E-state index contributed by atoms with van der Waals surface area (Å²) in [6.45, 7) is 0. The van der Waals surface area contributed by atoms with Crippen LogP contribution in [0.4, 0.5) is 0 Å². The molecule has 0 radical (unpaired) electrons. The molecular formula is C19H9Cl2N3O3S. The lowest BCUT2D eigenvalue weighted by Gasteiger charge is -1.99. The number of rotatable bonds is 3. The Bertz CT molecular complexity index is 1400. The zero-order chi connectivity index (χ0) is 19.3. The number of benzene rings is 1. The molecule has 0 atom stereocenters. The van der Waals surface area contributed by atoms with Crippen LogP contribution >= 0.6 is 34.5 Å². The average molecular weight is 430 g/mol. The molecule has 138 valence electrons. The Balaban J connectivity index is 1.54. The second-order valence-corrected chi connectivity index (χ2v) is 7.77. The number of nitrogens with zero attached hydrogens (tertiary/aromatic N) is 3. The van der Waals surface area contributed by atoms with Crippen molar-refractivity contribution < 1.29 is 8.83 Å². The maximum atomic E-state index is 12.6. The van der Waals surface area contributed by atoms with Crippen LogP contribution in [0.5, 0.6) is 0 Å². The van der Waals surface area contributed by atoms with E-state index >= 15 is 0 Å². The Hall–Kier alpha value is -2.87. The lowest BCUT2D eigenvalue weighted by atomic mass is 10.2. The van der Waals surface area contributed by atoms with Gasteiger partial charge in [0, 0.05) is 21.7 Å². The summed E-state index contributed by atoms with van der Waals surface area (Å²) in [5, 5.41) is 5.25. The molecule has 6 nitrogen and oxygen atoms in total. The van der Waals surface area contributed by atoms with Crippen LogP contribution in [0.2, 0.25) is 10.0 Å². The molecule has 0 saturated heterocycles. The Labute approximate surface area is 171 Å². The van der Waals surface area contributed by atoms with Gasteiger partial charge in [-0.25, -0.2) is 0 Å². The van der Waals surface area contributed by atoms with Crippen LogP contribution in [0.3, 0.4) is 0 Å². The Morgan fingerprint density at radius 2 is 1.89 bits per heavy atom. The van der Waals surface area contributed by atoms with Crippen LogP contribution in [-0.2, 0) is 0 Å². The van der Waals surface area contributed by atoms with Gasteiger partial charge in [-0.3, -0.25) is 4.79 Å². The quantitative estimate of drug-likeness (QED) is 0.421. The first kappa shape index (κ1) is 17.2. The van der Waals surface area contributed by atoms with Gasteiger partial charge in [0.1, 0.15) is 16.1 Å². The van der Waals surface area contributed by atoms with Crippen LogP contribution < -0.4 is 10.1 Å². The minimum absolute atomic E-state index is 0.269. The van der Waals surface area contributed by atoms with Crippen molar-refractivity contribution in [2.24, 2.45) is 0 Å². The first-order chi connectivity index (χ1) is 13.6. The van der Waals surface area contributed by atoms with E-state index in [-0.39, 0.29) is 5.56 Å². The van der Waals surface area contributed by atoms with Gasteiger partial charge in [-0.15, -0.1) is 5.10 Å². The first-order valence-electron chi connectivity index (χ1n) is 8.08. The molecule has 5 rings (SSSR count). The number of fused-ring (bicyclic) bond motifs is 1. The van der Waals surface area contributed by atoms with Crippen molar-refractivity contribution in [3.05, 3.63) is 79.4 Å². The third-order valence-electron chi connectivity index (χ3n) is 3.97. The van der Waals surface area contributed by atoms with Gasteiger partial charge < -0.3 is 8.83 Å². The SMILES string of the molecule is O=c1/c(=C/c2ccc(-c3cc(Cl)cc(Cl)c3)o2)sc2nc(-c3ccco3)nn12. The molecule has 28 heavy (non-hydrogen) atoms. The topological polar surface area (TPSA) is 73.5 Å². The van der Waals surface area contributed by atoms with Crippen molar-refractivity contribution in [3.63, 3.8) is 0 Å². The van der Waals surface area contributed by atoms with Crippen molar-refractivity contribution in [2.75, 3.05) is 0 Å². The van der Waals surface area contributed by atoms with Gasteiger partial charge in [-0.05, 0) is 42.5 Å². The summed E-state index contributed by atoms with van der Waals surface area (Å²) in [5.41, 5.74) is 0.485. The number of hydrogen-bond acceptors (Lipinski definition) is 6. The molecule has 0 saturated carbocycles. The summed E-state index contributed by atoms with van der Waals surface area (Å²) in [4.78, 5) is 17.4. The fraction of sp³-hybridized carbons (Fsp3) is 0. The highest BCUT2D eigenvalue weighted by Gasteiger charge is 2.14. The van der Waals surface area contributed by atoms with E-state index in [4.69, 9.17) is 32.0 Å². The molecule has 0 aliphatic rings. The average Bonchev–Trinajstić information content (AvgIpc) is 3.42. The predicted octanol–water partition coefficient (Wildman–Crippen LogP) is 4.53. The molecule has 0 amide bonds. The largest absolute Gasteiger partial charge is 0.461 e. The molecular weight excluding hydrogens is 421 g/mol. The van der Waals surface area contributed by atoms with Gasteiger partial charge >= 0.3 is 0 Å². The number of furan rings is 2. The summed E-state index contributed by atoms with van der Waals surface area (Å²) in [6, 6.07) is 12.2. The Morgan fingerprint density at radius 1 is 1.07 bits per heavy atom. The van der Waals surface area contributed by atoms with E-state index in [1.807, 2.05) is 0 Å². The monoisotopic (exact) mass is 429 g/mol. The molecule has 4 aromatic heterocycles. The van der Waals surface area contributed by atoms with Crippen molar-refractivity contribution in [1.82, 2.24) is 14.6 Å². The molecule has 4 heterocycles. The van der Waals surface area contributed by atoms with E-state index in [9.17, 15) is 4.79 Å². The third kappa shape index (κ3) is 3.03. The third-order valence-corrected chi connectivity index (χ3v) is 5.37. The predicted molar refractivity (Wildman–Crippen MR) is 108 cm³/mol. The first-order valence-corrected chi connectivity index (χ1v) is 9.65. The lowest BCUT2D eigenvalue weighted by Crippen LogP contribution is -2.23.